The van der Waals surface area contributed by atoms with Crippen molar-refractivity contribution in [3.8, 4) is 5.75 Å². The Bertz CT molecular complexity index is 1580. The number of nitrogens with one attached hydrogen (secondary N) is 1. The van der Waals surface area contributed by atoms with Gasteiger partial charge in [0.1, 0.15) is 34.9 Å². The highest BCUT2D eigenvalue weighted by Crippen LogP contribution is 2.32. The lowest BCUT2D eigenvalue weighted by Gasteiger charge is -2.22. The van der Waals surface area contributed by atoms with Gasteiger partial charge in [0.2, 0.25) is 5.91 Å². The minimum absolute atomic E-state index is 0.0577. The number of rotatable bonds is 15. The van der Waals surface area contributed by atoms with Gasteiger partial charge in [0.15, 0.2) is 6.04 Å². The number of nitrogens with zero attached hydrogens (tertiary/aromatic N) is 9. The number of methoxy groups -OCH3 is 1. The van der Waals surface area contributed by atoms with Crippen LogP contribution in [0.2, 0.25) is 0 Å². The fraction of sp³-hybridized carbons (Fsp3) is 0.562. The Hall–Kier alpha value is -4.62. The summed E-state index contributed by atoms with van der Waals surface area (Å²) in [5.41, 5.74) is 2.89. The Morgan fingerprint density at radius 3 is 1.89 bits per heavy atom. The van der Waals surface area contributed by atoms with Crippen molar-refractivity contribution in [3.05, 3.63) is 65.5 Å². The Balaban J connectivity index is 1.65. The molecule has 14 heteroatoms. The van der Waals surface area contributed by atoms with Gasteiger partial charge in [0.05, 0.1) is 31.7 Å². The van der Waals surface area contributed by atoms with E-state index in [9.17, 15) is 14.7 Å². The number of ether oxygens (including phenoxy) is 1. The van der Waals surface area contributed by atoms with Crippen molar-refractivity contribution >= 4 is 11.9 Å². The normalized spacial score (nSPS) is 15.6. The first-order valence-corrected chi connectivity index (χ1v) is 15.8. The lowest BCUT2D eigenvalue weighted by atomic mass is 9.95. The molecule has 46 heavy (non-hydrogen) atoms. The summed E-state index contributed by atoms with van der Waals surface area (Å²) < 4.78 is 10.2. The first kappa shape index (κ1) is 34.3. The molecular weight excluding hydrogens is 588 g/mol. The van der Waals surface area contributed by atoms with Gasteiger partial charge in [-0.1, -0.05) is 82.2 Å². The van der Waals surface area contributed by atoms with Gasteiger partial charge in [-0.2, -0.15) is 0 Å². The first-order chi connectivity index (χ1) is 22.0. The number of carbonyl (C=O) groups excluding carboxylic acids is 2. The monoisotopic (exact) mass is 634 g/mol. The van der Waals surface area contributed by atoms with Crippen LogP contribution >= 0.6 is 0 Å². The molecule has 4 rings (SSSR count). The number of hydrogen-bond donors (Lipinski definition) is 2. The van der Waals surface area contributed by atoms with Gasteiger partial charge in [-0.15, -0.1) is 15.3 Å². The highest BCUT2D eigenvalue weighted by molar-refractivity contribution is 5.74. The van der Waals surface area contributed by atoms with Crippen molar-refractivity contribution in [1.29, 1.82) is 0 Å². The molecule has 14 nitrogen and oxygen atoms in total. The molecule has 0 radical (unpaired) electrons. The average molecular weight is 635 g/mol. The molecule has 1 aromatic carbocycles. The molecule has 3 heterocycles. The maximum Gasteiger partial charge on any atom is 0.331 e. The molecule has 0 aliphatic carbocycles. The van der Waals surface area contributed by atoms with E-state index < -0.39 is 12.0 Å². The van der Waals surface area contributed by atoms with E-state index in [4.69, 9.17) is 4.74 Å². The summed E-state index contributed by atoms with van der Waals surface area (Å²) in [6.07, 6.45) is 7.61. The van der Waals surface area contributed by atoms with Gasteiger partial charge >= 0.3 is 5.97 Å². The smallest absolute Gasteiger partial charge is 0.331 e. The number of aromatic hydroxyl groups is 1. The van der Waals surface area contributed by atoms with Crippen LogP contribution in [0, 0.1) is 17.8 Å². The maximum atomic E-state index is 12.8. The molecule has 0 saturated heterocycles. The molecule has 0 spiro atoms. The molecule has 248 valence electrons. The van der Waals surface area contributed by atoms with Crippen molar-refractivity contribution in [2.45, 2.75) is 91.9 Å². The second kappa shape index (κ2) is 15.1. The molecule has 0 bridgehead atoms. The van der Waals surface area contributed by atoms with E-state index in [1.807, 2.05) is 17.1 Å². The third-order valence-electron chi connectivity index (χ3n) is 8.62. The topological polar surface area (TPSA) is 168 Å². The average Bonchev–Trinajstić information content (AvgIpc) is 3.81. The van der Waals surface area contributed by atoms with E-state index in [-0.39, 0.29) is 47.5 Å². The molecular formula is C32H46N10O4. The molecule has 0 aliphatic rings. The third-order valence-corrected chi connectivity index (χ3v) is 8.62. The lowest BCUT2D eigenvalue weighted by Crippen LogP contribution is -2.31. The van der Waals surface area contributed by atoms with Crippen LogP contribution in [0.4, 0.5) is 0 Å². The van der Waals surface area contributed by atoms with Crippen molar-refractivity contribution < 1.29 is 19.4 Å². The molecule has 2 N–H and O–H groups in total. The third kappa shape index (κ3) is 7.77. The zero-order valence-corrected chi connectivity index (χ0v) is 27.9. The molecule has 0 fully saturated rings. The summed E-state index contributed by atoms with van der Waals surface area (Å²) in [5.74, 6) is -0.0305. The summed E-state index contributed by atoms with van der Waals surface area (Å²) in [4.78, 5) is 24.8. The number of phenolic OH excluding ortho intramolecular Hbond substituents is 1. The Morgan fingerprint density at radius 2 is 1.33 bits per heavy atom. The molecule has 6 atom stereocenters. The Kier molecular flexibility index (Phi) is 11.3. The Labute approximate surface area is 269 Å². The lowest BCUT2D eigenvalue weighted by molar-refractivity contribution is -0.145. The molecule has 4 aromatic rings. The molecule has 0 saturated carbocycles. The van der Waals surface area contributed by atoms with Crippen LogP contribution in [0.3, 0.4) is 0 Å². The number of aromatic nitrogens is 9. The number of amides is 1. The minimum Gasteiger partial charge on any atom is -0.508 e. The summed E-state index contributed by atoms with van der Waals surface area (Å²) in [6, 6.07) is 5.11. The zero-order chi connectivity index (χ0) is 33.5. The fourth-order valence-electron chi connectivity index (χ4n) is 5.64. The van der Waals surface area contributed by atoms with E-state index >= 15 is 0 Å². The van der Waals surface area contributed by atoms with Gasteiger partial charge in [-0.3, -0.25) is 4.79 Å². The van der Waals surface area contributed by atoms with E-state index in [0.29, 0.717) is 17.8 Å². The maximum absolute atomic E-state index is 12.8. The standard InChI is InChI=1S/C32H46N10O4/c1-9-20(5)29(33-22(7)43)25-16-42(38-34-25)31(21(6)10-2)27-18-41(39-36-27)30(19(3)4)26-17-40(37-35-26)28(32(45)46-8)15-23-11-13-24(44)14-12-23/h11-14,16-21,28-31,44H,9-10,15H2,1-8H3,(H,33,43)/t20?,21?,28-,29-,30-,31-/m0/s1. The second-order valence-corrected chi connectivity index (χ2v) is 12.4. The molecule has 0 aliphatic heterocycles. The van der Waals surface area contributed by atoms with Crippen LogP contribution in [-0.2, 0) is 20.7 Å². The number of hydrogen-bond acceptors (Lipinski definition) is 10. The van der Waals surface area contributed by atoms with E-state index in [0.717, 1.165) is 24.1 Å². The van der Waals surface area contributed by atoms with Crippen LogP contribution in [0.25, 0.3) is 0 Å². The highest BCUT2D eigenvalue weighted by Gasteiger charge is 2.31. The predicted molar refractivity (Wildman–Crippen MR) is 170 cm³/mol. The fourth-order valence-corrected chi connectivity index (χ4v) is 5.64. The number of carbonyl (C=O) groups is 2. The van der Waals surface area contributed by atoms with Gasteiger partial charge in [0.25, 0.3) is 0 Å². The van der Waals surface area contributed by atoms with Crippen molar-refractivity contribution in [1.82, 2.24) is 50.3 Å². The van der Waals surface area contributed by atoms with E-state index in [1.54, 1.807) is 35.1 Å². The summed E-state index contributed by atoms with van der Waals surface area (Å²) in [5, 5.41) is 39.6. The molecule has 1 amide bonds. The van der Waals surface area contributed by atoms with E-state index in [2.05, 4.69) is 77.8 Å². The Morgan fingerprint density at radius 1 is 0.804 bits per heavy atom. The largest absolute Gasteiger partial charge is 0.508 e. The minimum atomic E-state index is -0.747. The summed E-state index contributed by atoms with van der Waals surface area (Å²) in [7, 11) is 1.34. The SMILES string of the molecule is CCC(C)[C@H](NC(C)=O)c1cn([C@H](c2cn([C@H](c3cn([C@@H](Cc4ccc(O)cc4)C(=O)OC)nn3)C(C)C)nn2)C(C)CC)nn1. The van der Waals surface area contributed by atoms with Gasteiger partial charge < -0.3 is 15.2 Å². The highest BCUT2D eigenvalue weighted by atomic mass is 16.5. The quantitative estimate of drug-likeness (QED) is 0.181. The van der Waals surface area contributed by atoms with Gasteiger partial charge in [-0.05, 0) is 35.4 Å². The molecule has 3 aromatic heterocycles. The number of esters is 1. The summed E-state index contributed by atoms with van der Waals surface area (Å²) >= 11 is 0. The van der Waals surface area contributed by atoms with Crippen molar-refractivity contribution in [2.75, 3.05) is 7.11 Å². The summed E-state index contributed by atoms with van der Waals surface area (Å²) in [6.45, 7) is 14.1. The second-order valence-electron chi connectivity index (χ2n) is 12.4. The predicted octanol–water partition coefficient (Wildman–Crippen LogP) is 4.23. The van der Waals surface area contributed by atoms with Crippen LogP contribution in [0.15, 0.2) is 42.9 Å². The zero-order valence-electron chi connectivity index (χ0n) is 27.9. The van der Waals surface area contributed by atoms with Gasteiger partial charge in [-0.25, -0.2) is 18.8 Å². The molecule has 2 unspecified atom stereocenters. The number of benzene rings is 1. The van der Waals surface area contributed by atoms with Crippen LogP contribution in [-0.4, -0.2) is 69.1 Å². The van der Waals surface area contributed by atoms with Gasteiger partial charge in [0, 0.05) is 13.3 Å². The van der Waals surface area contributed by atoms with Crippen LogP contribution in [0.5, 0.6) is 5.75 Å². The van der Waals surface area contributed by atoms with Crippen LogP contribution < -0.4 is 5.32 Å². The van der Waals surface area contributed by atoms with Crippen molar-refractivity contribution in [2.24, 2.45) is 17.8 Å². The first-order valence-electron chi connectivity index (χ1n) is 15.8. The van der Waals surface area contributed by atoms with Crippen molar-refractivity contribution in [3.63, 3.8) is 0 Å². The van der Waals surface area contributed by atoms with E-state index in [1.165, 1.54) is 18.7 Å². The van der Waals surface area contributed by atoms with Crippen LogP contribution in [0.1, 0.15) is 108 Å². The number of phenols is 1.